The van der Waals surface area contributed by atoms with Crippen molar-refractivity contribution in [3.05, 3.63) is 11.4 Å². The van der Waals surface area contributed by atoms with Gasteiger partial charge in [0.05, 0.1) is 12.2 Å². The maximum Gasteiger partial charge on any atom is 0.221 e. The van der Waals surface area contributed by atoms with Crippen LogP contribution in [0.2, 0.25) is 0 Å². The van der Waals surface area contributed by atoms with Crippen LogP contribution in [0.4, 0.5) is 5.82 Å². The number of nitrogens with zero attached hydrogens (tertiary/aromatic N) is 2. The second-order valence-corrected chi connectivity index (χ2v) is 5.10. The molecule has 0 aromatic carbocycles. The van der Waals surface area contributed by atoms with Crippen LogP contribution >= 0.6 is 0 Å². The lowest BCUT2D eigenvalue weighted by atomic mass is 10.2. The summed E-state index contributed by atoms with van der Waals surface area (Å²) in [6.07, 6.45) is 3.47. The van der Waals surface area contributed by atoms with E-state index >= 15 is 0 Å². The minimum absolute atomic E-state index is 0.302. The molecule has 108 valence electrons. The van der Waals surface area contributed by atoms with E-state index in [1.54, 1.807) is 0 Å². The molecular formula is C15H27N3O. The Kier molecular flexibility index (Phi) is 6.60. The normalized spacial score (nSPS) is 10.8. The van der Waals surface area contributed by atoms with E-state index in [0.29, 0.717) is 5.92 Å². The third kappa shape index (κ3) is 4.69. The second kappa shape index (κ2) is 7.97. The molecule has 0 radical (unpaired) electrons. The molecule has 1 N–H and O–H groups in total. The fraction of sp³-hybridized carbons (Fsp3) is 0.733. The van der Waals surface area contributed by atoms with Gasteiger partial charge in [-0.15, -0.1) is 0 Å². The van der Waals surface area contributed by atoms with Crippen LogP contribution in [0.15, 0.2) is 0 Å². The molecule has 0 fully saturated rings. The van der Waals surface area contributed by atoms with E-state index < -0.39 is 0 Å². The van der Waals surface area contributed by atoms with E-state index in [4.69, 9.17) is 4.74 Å². The molecule has 1 aromatic rings. The van der Waals surface area contributed by atoms with Crippen molar-refractivity contribution in [2.75, 3.05) is 18.5 Å². The Hall–Kier alpha value is -1.32. The van der Waals surface area contributed by atoms with Crippen molar-refractivity contribution in [2.45, 2.75) is 59.8 Å². The van der Waals surface area contributed by atoms with Crippen molar-refractivity contribution >= 4 is 5.82 Å². The molecule has 0 aliphatic carbocycles. The van der Waals surface area contributed by atoms with Gasteiger partial charge in [0.25, 0.3) is 0 Å². The lowest BCUT2D eigenvalue weighted by Crippen LogP contribution is -2.10. The highest BCUT2D eigenvalue weighted by Gasteiger charge is 2.13. The average molecular weight is 265 g/mol. The highest BCUT2D eigenvalue weighted by molar-refractivity contribution is 5.48. The van der Waals surface area contributed by atoms with E-state index in [0.717, 1.165) is 42.7 Å². The van der Waals surface area contributed by atoms with Gasteiger partial charge < -0.3 is 10.1 Å². The Balaban J connectivity index is 2.87. The molecule has 1 aromatic heterocycles. The van der Waals surface area contributed by atoms with Crippen LogP contribution in [0.25, 0.3) is 0 Å². The first kappa shape index (κ1) is 15.7. The van der Waals surface area contributed by atoms with Crippen LogP contribution in [-0.4, -0.2) is 23.1 Å². The molecule has 1 heterocycles. The Bertz CT molecular complexity index is 391. The van der Waals surface area contributed by atoms with Gasteiger partial charge in [-0.2, -0.15) is 4.98 Å². The van der Waals surface area contributed by atoms with Crippen molar-refractivity contribution in [3.8, 4) is 5.88 Å². The molecule has 0 aliphatic heterocycles. The van der Waals surface area contributed by atoms with Gasteiger partial charge in [-0.1, -0.05) is 33.6 Å². The summed E-state index contributed by atoms with van der Waals surface area (Å²) in [4.78, 5) is 9.10. The summed E-state index contributed by atoms with van der Waals surface area (Å²) in [5.74, 6) is 2.76. The minimum atomic E-state index is 0.302. The van der Waals surface area contributed by atoms with Crippen molar-refractivity contribution in [1.82, 2.24) is 9.97 Å². The van der Waals surface area contributed by atoms with Gasteiger partial charge in [-0.25, -0.2) is 4.98 Å². The summed E-state index contributed by atoms with van der Waals surface area (Å²) in [5, 5.41) is 3.28. The topological polar surface area (TPSA) is 47.0 Å². The van der Waals surface area contributed by atoms with E-state index in [2.05, 4.69) is 43.0 Å². The predicted molar refractivity (Wildman–Crippen MR) is 80.0 cm³/mol. The summed E-state index contributed by atoms with van der Waals surface area (Å²) in [6.45, 7) is 12.0. The van der Waals surface area contributed by atoms with Crippen LogP contribution in [0.5, 0.6) is 5.88 Å². The second-order valence-electron chi connectivity index (χ2n) is 5.10. The molecular weight excluding hydrogens is 238 g/mol. The largest absolute Gasteiger partial charge is 0.477 e. The number of ether oxygens (including phenoxy) is 1. The fourth-order valence-corrected chi connectivity index (χ4v) is 1.77. The standard InChI is InChI=1S/C15H27N3O/c1-6-8-9-10-19-15-12(5)14(16-7-2)17-13(18-15)11(3)4/h11H,6-10H2,1-5H3,(H,16,17,18). The van der Waals surface area contributed by atoms with Crippen molar-refractivity contribution in [2.24, 2.45) is 0 Å². The van der Waals surface area contributed by atoms with Gasteiger partial charge in [-0.3, -0.25) is 0 Å². The number of nitrogens with one attached hydrogen (secondary N) is 1. The summed E-state index contributed by atoms with van der Waals surface area (Å²) in [5.41, 5.74) is 1.00. The zero-order valence-corrected chi connectivity index (χ0v) is 12.9. The minimum Gasteiger partial charge on any atom is -0.477 e. The molecule has 0 spiro atoms. The van der Waals surface area contributed by atoms with Gasteiger partial charge in [0.2, 0.25) is 5.88 Å². The molecule has 0 aliphatic rings. The van der Waals surface area contributed by atoms with E-state index in [1.807, 2.05) is 6.92 Å². The number of rotatable bonds is 8. The molecule has 0 saturated carbocycles. The highest BCUT2D eigenvalue weighted by atomic mass is 16.5. The van der Waals surface area contributed by atoms with Gasteiger partial charge in [0.15, 0.2) is 0 Å². The first-order valence-electron chi connectivity index (χ1n) is 7.35. The van der Waals surface area contributed by atoms with E-state index in [9.17, 15) is 0 Å². The number of anilines is 1. The van der Waals surface area contributed by atoms with Crippen LogP contribution in [0.1, 0.15) is 64.3 Å². The summed E-state index contributed by atoms with van der Waals surface area (Å²) >= 11 is 0. The third-order valence-corrected chi connectivity index (χ3v) is 2.97. The molecule has 19 heavy (non-hydrogen) atoms. The number of unbranched alkanes of at least 4 members (excludes halogenated alkanes) is 2. The Morgan fingerprint density at radius 2 is 1.89 bits per heavy atom. The maximum atomic E-state index is 5.83. The first-order chi connectivity index (χ1) is 9.10. The van der Waals surface area contributed by atoms with Gasteiger partial charge in [0.1, 0.15) is 11.6 Å². The van der Waals surface area contributed by atoms with Crippen LogP contribution in [0.3, 0.4) is 0 Å². The lowest BCUT2D eigenvalue weighted by Gasteiger charge is -2.15. The molecule has 1 rings (SSSR count). The molecule has 4 heteroatoms. The summed E-state index contributed by atoms with van der Waals surface area (Å²) < 4.78 is 5.83. The van der Waals surface area contributed by atoms with Crippen LogP contribution in [-0.2, 0) is 0 Å². The van der Waals surface area contributed by atoms with E-state index in [-0.39, 0.29) is 0 Å². The SMILES string of the molecule is CCCCCOc1nc(C(C)C)nc(NCC)c1C. The first-order valence-corrected chi connectivity index (χ1v) is 7.35. The number of aromatic nitrogens is 2. The molecule has 0 bridgehead atoms. The summed E-state index contributed by atoms with van der Waals surface area (Å²) in [6, 6.07) is 0. The zero-order valence-electron chi connectivity index (χ0n) is 12.9. The smallest absolute Gasteiger partial charge is 0.221 e. The number of hydrogen-bond donors (Lipinski definition) is 1. The van der Waals surface area contributed by atoms with Crippen molar-refractivity contribution in [3.63, 3.8) is 0 Å². The van der Waals surface area contributed by atoms with Crippen LogP contribution in [0, 0.1) is 6.92 Å². The van der Waals surface area contributed by atoms with Crippen LogP contribution < -0.4 is 10.1 Å². The summed E-state index contributed by atoms with van der Waals surface area (Å²) in [7, 11) is 0. The number of hydrogen-bond acceptors (Lipinski definition) is 4. The van der Waals surface area contributed by atoms with E-state index in [1.165, 1.54) is 12.8 Å². The predicted octanol–water partition coefficient (Wildman–Crippen LogP) is 3.91. The maximum absolute atomic E-state index is 5.83. The molecule has 0 unspecified atom stereocenters. The Morgan fingerprint density at radius 1 is 1.16 bits per heavy atom. The lowest BCUT2D eigenvalue weighted by molar-refractivity contribution is 0.291. The fourth-order valence-electron chi connectivity index (χ4n) is 1.77. The van der Waals surface area contributed by atoms with Crippen molar-refractivity contribution in [1.29, 1.82) is 0 Å². The molecule has 0 saturated heterocycles. The molecule has 0 amide bonds. The Morgan fingerprint density at radius 3 is 2.47 bits per heavy atom. The van der Waals surface area contributed by atoms with Gasteiger partial charge in [-0.05, 0) is 20.3 Å². The monoisotopic (exact) mass is 265 g/mol. The van der Waals surface area contributed by atoms with Gasteiger partial charge in [0, 0.05) is 12.5 Å². The highest BCUT2D eigenvalue weighted by Crippen LogP contribution is 2.25. The quantitative estimate of drug-likeness (QED) is 0.724. The Labute approximate surface area is 117 Å². The van der Waals surface area contributed by atoms with Gasteiger partial charge >= 0.3 is 0 Å². The molecule has 4 nitrogen and oxygen atoms in total. The zero-order chi connectivity index (χ0) is 14.3. The molecule has 0 atom stereocenters. The third-order valence-electron chi connectivity index (χ3n) is 2.97. The average Bonchev–Trinajstić information content (AvgIpc) is 2.38. The van der Waals surface area contributed by atoms with Crippen molar-refractivity contribution < 1.29 is 4.74 Å².